The number of hydrogen-bond acceptors (Lipinski definition) is 4. The molecule has 1 aromatic carbocycles. The Bertz CT molecular complexity index is 881. The van der Waals surface area contributed by atoms with Crippen molar-refractivity contribution in [3.8, 4) is 11.3 Å². The predicted molar refractivity (Wildman–Crippen MR) is 97.5 cm³/mol. The average Bonchev–Trinajstić information content (AvgIpc) is 3.10. The molecule has 2 aromatic heterocycles. The van der Waals surface area contributed by atoms with Crippen LogP contribution in [0.1, 0.15) is 19.8 Å². The van der Waals surface area contributed by atoms with Crippen LogP contribution in [0.2, 0.25) is 0 Å². The summed E-state index contributed by atoms with van der Waals surface area (Å²) in [6.45, 7) is 3.35. The Morgan fingerprint density at radius 3 is 2.64 bits per heavy atom. The van der Waals surface area contributed by atoms with Crippen molar-refractivity contribution in [2.24, 2.45) is 0 Å². The van der Waals surface area contributed by atoms with Gasteiger partial charge in [-0.2, -0.15) is 9.61 Å². The van der Waals surface area contributed by atoms with E-state index in [0.717, 1.165) is 48.7 Å². The highest BCUT2D eigenvalue weighted by Crippen LogP contribution is 2.26. The molecule has 1 amide bonds. The van der Waals surface area contributed by atoms with E-state index in [2.05, 4.69) is 33.5 Å². The fourth-order valence-corrected chi connectivity index (χ4v) is 3.42. The quantitative estimate of drug-likeness (QED) is 0.799. The van der Waals surface area contributed by atoms with Crippen LogP contribution in [0.25, 0.3) is 16.9 Å². The first kappa shape index (κ1) is 15.6. The maximum atomic E-state index is 11.3. The van der Waals surface area contributed by atoms with Gasteiger partial charge in [0.05, 0.1) is 11.9 Å². The summed E-state index contributed by atoms with van der Waals surface area (Å²) in [5, 5.41) is 7.46. The maximum absolute atomic E-state index is 11.3. The molecule has 0 aliphatic carbocycles. The van der Waals surface area contributed by atoms with E-state index in [4.69, 9.17) is 4.98 Å². The number of anilines is 1. The van der Waals surface area contributed by atoms with Gasteiger partial charge in [0.1, 0.15) is 5.82 Å². The van der Waals surface area contributed by atoms with E-state index < -0.39 is 0 Å². The molecule has 1 saturated heterocycles. The molecule has 0 saturated carbocycles. The first-order chi connectivity index (χ1) is 12.2. The molecule has 128 valence electrons. The fraction of sp³-hybridized carbons (Fsp3) is 0.316. The van der Waals surface area contributed by atoms with Crippen LogP contribution in [0.4, 0.5) is 5.82 Å². The number of carbonyl (C=O) groups excluding carboxylic acids is 1. The van der Waals surface area contributed by atoms with E-state index in [0.29, 0.717) is 0 Å². The van der Waals surface area contributed by atoms with Crippen molar-refractivity contribution < 1.29 is 4.79 Å². The van der Waals surface area contributed by atoms with Crippen LogP contribution in [0, 0.1) is 0 Å². The zero-order chi connectivity index (χ0) is 17.2. The van der Waals surface area contributed by atoms with E-state index >= 15 is 0 Å². The van der Waals surface area contributed by atoms with Gasteiger partial charge in [-0.1, -0.05) is 30.3 Å². The zero-order valence-corrected chi connectivity index (χ0v) is 14.2. The van der Waals surface area contributed by atoms with Crippen LogP contribution in [-0.2, 0) is 4.79 Å². The Morgan fingerprint density at radius 2 is 1.92 bits per heavy atom. The molecule has 6 heteroatoms. The van der Waals surface area contributed by atoms with Gasteiger partial charge in [0, 0.05) is 43.8 Å². The molecule has 1 fully saturated rings. The van der Waals surface area contributed by atoms with Crippen molar-refractivity contribution in [2.45, 2.75) is 25.8 Å². The number of nitrogens with zero attached hydrogens (tertiary/aromatic N) is 4. The van der Waals surface area contributed by atoms with Gasteiger partial charge in [-0.05, 0) is 12.8 Å². The van der Waals surface area contributed by atoms with Crippen LogP contribution in [0.5, 0.6) is 0 Å². The summed E-state index contributed by atoms with van der Waals surface area (Å²) < 4.78 is 1.89. The van der Waals surface area contributed by atoms with E-state index in [1.165, 1.54) is 0 Å². The number of hydrogen-bond donors (Lipinski definition) is 1. The van der Waals surface area contributed by atoms with Crippen LogP contribution >= 0.6 is 0 Å². The summed E-state index contributed by atoms with van der Waals surface area (Å²) >= 11 is 0. The fourth-order valence-electron chi connectivity index (χ4n) is 3.42. The molecule has 3 aromatic rings. The minimum absolute atomic E-state index is 0.0446. The van der Waals surface area contributed by atoms with Gasteiger partial charge >= 0.3 is 0 Å². The van der Waals surface area contributed by atoms with Gasteiger partial charge < -0.3 is 10.2 Å². The minimum atomic E-state index is 0.0446. The SMILES string of the molecule is CC(=O)NC1CCN(c2cc(-c3ccccc3)nc3ccnn23)CC1. The monoisotopic (exact) mass is 335 g/mol. The topological polar surface area (TPSA) is 62.5 Å². The summed E-state index contributed by atoms with van der Waals surface area (Å²) in [6, 6.07) is 14.5. The van der Waals surface area contributed by atoms with E-state index in [1.807, 2.05) is 28.8 Å². The molecule has 6 nitrogen and oxygen atoms in total. The van der Waals surface area contributed by atoms with Crippen LogP contribution in [0.3, 0.4) is 0 Å². The normalized spacial score (nSPS) is 15.5. The third kappa shape index (κ3) is 3.20. The standard InChI is InChI=1S/C19H21N5O/c1-14(25)21-16-8-11-23(12-9-16)19-13-17(15-5-3-2-4-6-15)22-18-7-10-20-24(18)19/h2-7,10,13,16H,8-9,11-12H2,1H3,(H,21,25). The second kappa shape index (κ2) is 6.55. The molecule has 0 radical (unpaired) electrons. The highest BCUT2D eigenvalue weighted by Gasteiger charge is 2.22. The summed E-state index contributed by atoms with van der Waals surface area (Å²) in [4.78, 5) is 18.3. The van der Waals surface area contributed by atoms with E-state index in [-0.39, 0.29) is 11.9 Å². The summed E-state index contributed by atoms with van der Waals surface area (Å²) in [5.74, 6) is 1.10. The highest BCUT2D eigenvalue weighted by molar-refractivity contribution is 5.73. The Morgan fingerprint density at radius 1 is 1.16 bits per heavy atom. The van der Waals surface area contributed by atoms with Crippen molar-refractivity contribution in [2.75, 3.05) is 18.0 Å². The minimum Gasteiger partial charge on any atom is -0.356 e. The predicted octanol–water partition coefficient (Wildman–Crippen LogP) is 2.50. The molecule has 0 unspecified atom stereocenters. The second-order valence-corrected chi connectivity index (χ2v) is 6.43. The molecule has 0 bridgehead atoms. The Hall–Kier alpha value is -2.89. The van der Waals surface area contributed by atoms with Crippen molar-refractivity contribution in [1.82, 2.24) is 19.9 Å². The lowest BCUT2D eigenvalue weighted by atomic mass is 10.0. The summed E-state index contributed by atoms with van der Waals surface area (Å²) in [5.41, 5.74) is 2.90. The van der Waals surface area contributed by atoms with Crippen LogP contribution in [-0.4, -0.2) is 39.6 Å². The molecule has 1 aliphatic rings. The molecule has 0 atom stereocenters. The Balaban J connectivity index is 1.65. The molecule has 3 heterocycles. The zero-order valence-electron chi connectivity index (χ0n) is 14.2. The van der Waals surface area contributed by atoms with Crippen molar-refractivity contribution in [3.63, 3.8) is 0 Å². The maximum Gasteiger partial charge on any atom is 0.217 e. The third-order valence-corrected chi connectivity index (χ3v) is 4.64. The van der Waals surface area contributed by atoms with Gasteiger partial charge in [-0.25, -0.2) is 4.98 Å². The Labute approximate surface area is 146 Å². The number of carbonyl (C=O) groups is 1. The molecule has 25 heavy (non-hydrogen) atoms. The van der Waals surface area contributed by atoms with E-state index in [9.17, 15) is 4.79 Å². The second-order valence-electron chi connectivity index (χ2n) is 6.43. The molecule has 1 N–H and O–H groups in total. The molecule has 0 spiro atoms. The Kier molecular flexibility index (Phi) is 4.09. The van der Waals surface area contributed by atoms with Gasteiger partial charge in [0.25, 0.3) is 0 Å². The van der Waals surface area contributed by atoms with Crippen molar-refractivity contribution in [3.05, 3.63) is 48.7 Å². The smallest absolute Gasteiger partial charge is 0.217 e. The first-order valence-electron chi connectivity index (χ1n) is 8.63. The third-order valence-electron chi connectivity index (χ3n) is 4.64. The lowest BCUT2D eigenvalue weighted by Crippen LogP contribution is -2.44. The van der Waals surface area contributed by atoms with Gasteiger partial charge in [-0.3, -0.25) is 4.79 Å². The highest BCUT2D eigenvalue weighted by atomic mass is 16.1. The van der Waals surface area contributed by atoms with Crippen LogP contribution < -0.4 is 10.2 Å². The number of benzene rings is 1. The number of amides is 1. The molecule has 1 aliphatic heterocycles. The molecule has 4 rings (SSSR count). The van der Waals surface area contributed by atoms with Crippen molar-refractivity contribution in [1.29, 1.82) is 0 Å². The van der Waals surface area contributed by atoms with Crippen LogP contribution in [0.15, 0.2) is 48.7 Å². The summed E-state index contributed by atoms with van der Waals surface area (Å²) in [7, 11) is 0. The largest absolute Gasteiger partial charge is 0.356 e. The molecular weight excluding hydrogens is 314 g/mol. The average molecular weight is 335 g/mol. The first-order valence-corrected chi connectivity index (χ1v) is 8.63. The van der Waals surface area contributed by atoms with Gasteiger partial charge in [0.15, 0.2) is 5.65 Å². The number of aromatic nitrogens is 3. The summed E-state index contributed by atoms with van der Waals surface area (Å²) in [6.07, 6.45) is 3.65. The van der Waals surface area contributed by atoms with E-state index in [1.54, 1.807) is 13.1 Å². The molecular formula is C19H21N5O. The lowest BCUT2D eigenvalue weighted by Gasteiger charge is -2.33. The number of fused-ring (bicyclic) bond motifs is 1. The lowest BCUT2D eigenvalue weighted by molar-refractivity contribution is -0.119. The van der Waals surface area contributed by atoms with Crippen molar-refractivity contribution >= 4 is 17.4 Å². The van der Waals surface area contributed by atoms with Gasteiger partial charge in [0.2, 0.25) is 5.91 Å². The number of piperidine rings is 1. The van der Waals surface area contributed by atoms with Gasteiger partial charge in [-0.15, -0.1) is 0 Å². The number of rotatable bonds is 3. The number of nitrogens with one attached hydrogen (secondary N) is 1.